The summed E-state index contributed by atoms with van der Waals surface area (Å²) in [6.07, 6.45) is 0.284. The fraction of sp³-hybridized carbons (Fsp3) is 0.280. The first-order chi connectivity index (χ1) is 15.2. The Balaban J connectivity index is 1.34. The summed E-state index contributed by atoms with van der Waals surface area (Å²) < 4.78 is 20.0. The van der Waals surface area contributed by atoms with Gasteiger partial charge in [0, 0.05) is 31.7 Å². The Morgan fingerprint density at radius 2 is 1.71 bits per heavy atom. The van der Waals surface area contributed by atoms with Crippen molar-refractivity contribution >= 4 is 5.91 Å². The van der Waals surface area contributed by atoms with Crippen LogP contribution in [-0.4, -0.2) is 42.1 Å². The Morgan fingerprint density at radius 3 is 2.42 bits per heavy atom. The maximum absolute atomic E-state index is 14.6. The summed E-state index contributed by atoms with van der Waals surface area (Å²) in [5, 5.41) is 2.92. The van der Waals surface area contributed by atoms with E-state index in [0.717, 1.165) is 35.5 Å². The molecule has 0 atom stereocenters. The number of pyridine rings is 1. The molecule has 3 aromatic rings. The van der Waals surface area contributed by atoms with Crippen LogP contribution in [0, 0.1) is 5.95 Å². The molecule has 160 valence electrons. The first-order valence-electron chi connectivity index (χ1n) is 10.5. The van der Waals surface area contributed by atoms with E-state index in [2.05, 4.69) is 15.2 Å². The molecule has 1 aliphatic rings. The normalized spacial score (nSPS) is 14.4. The summed E-state index contributed by atoms with van der Waals surface area (Å²) in [6.45, 7) is 4.22. The fourth-order valence-corrected chi connectivity index (χ4v) is 3.61. The van der Waals surface area contributed by atoms with Gasteiger partial charge in [0.15, 0.2) is 0 Å². The molecule has 0 aliphatic carbocycles. The van der Waals surface area contributed by atoms with Crippen molar-refractivity contribution in [1.29, 1.82) is 0 Å². The third-order valence-corrected chi connectivity index (χ3v) is 5.36. The third-order valence-electron chi connectivity index (χ3n) is 5.36. The molecule has 5 nitrogen and oxygen atoms in total. The SMILES string of the molecule is O=C(Cc1ccc(-c2ccc(CN3CCOCC3)nc2F)cc1)NCc1ccccc1. The van der Waals surface area contributed by atoms with Gasteiger partial charge in [0.05, 0.1) is 25.3 Å². The molecule has 1 fully saturated rings. The standard InChI is InChI=1S/C25H26FN3O2/c26-25-23(11-10-22(28-25)18-29-12-14-31-15-13-29)21-8-6-19(7-9-21)16-24(30)27-17-20-4-2-1-3-5-20/h1-11H,12-18H2,(H,27,30). The van der Waals surface area contributed by atoms with Gasteiger partial charge < -0.3 is 10.1 Å². The average molecular weight is 420 g/mol. The van der Waals surface area contributed by atoms with E-state index < -0.39 is 5.95 Å². The Hall–Kier alpha value is -3.09. The smallest absolute Gasteiger partial charge is 0.224 e. The van der Waals surface area contributed by atoms with Crippen LogP contribution in [0.1, 0.15) is 16.8 Å². The van der Waals surface area contributed by atoms with Gasteiger partial charge in [0.1, 0.15) is 0 Å². The highest BCUT2D eigenvalue weighted by atomic mass is 19.1. The molecule has 0 bridgehead atoms. The molecule has 2 heterocycles. The number of nitrogens with one attached hydrogen (secondary N) is 1. The number of carbonyl (C=O) groups excluding carboxylic acids is 1. The first-order valence-corrected chi connectivity index (χ1v) is 10.5. The van der Waals surface area contributed by atoms with Crippen molar-refractivity contribution in [2.45, 2.75) is 19.5 Å². The fourth-order valence-electron chi connectivity index (χ4n) is 3.61. The first kappa shape index (κ1) is 21.2. The Labute approximate surface area is 181 Å². The maximum Gasteiger partial charge on any atom is 0.224 e. The van der Waals surface area contributed by atoms with Crippen LogP contribution in [0.15, 0.2) is 66.7 Å². The molecule has 0 spiro atoms. The molecular formula is C25H26FN3O2. The van der Waals surface area contributed by atoms with Gasteiger partial charge >= 0.3 is 0 Å². The number of ether oxygens (including phenoxy) is 1. The lowest BCUT2D eigenvalue weighted by Gasteiger charge is -2.26. The summed E-state index contributed by atoms with van der Waals surface area (Å²) in [4.78, 5) is 18.6. The molecular weight excluding hydrogens is 393 g/mol. The molecule has 0 unspecified atom stereocenters. The van der Waals surface area contributed by atoms with Crippen LogP contribution in [0.25, 0.3) is 11.1 Å². The molecule has 31 heavy (non-hydrogen) atoms. The van der Waals surface area contributed by atoms with Crippen LogP contribution >= 0.6 is 0 Å². The lowest BCUT2D eigenvalue weighted by molar-refractivity contribution is -0.120. The van der Waals surface area contributed by atoms with Crippen LogP contribution in [-0.2, 0) is 29.0 Å². The van der Waals surface area contributed by atoms with Crippen molar-refractivity contribution in [3.05, 3.63) is 89.5 Å². The molecule has 1 aromatic heterocycles. The van der Waals surface area contributed by atoms with Crippen molar-refractivity contribution in [3.63, 3.8) is 0 Å². The minimum absolute atomic E-state index is 0.0445. The molecule has 6 heteroatoms. The maximum atomic E-state index is 14.6. The second-order valence-electron chi connectivity index (χ2n) is 7.67. The number of aromatic nitrogens is 1. The second-order valence-corrected chi connectivity index (χ2v) is 7.67. The van der Waals surface area contributed by atoms with Crippen molar-refractivity contribution in [2.24, 2.45) is 0 Å². The summed E-state index contributed by atoms with van der Waals surface area (Å²) >= 11 is 0. The van der Waals surface area contributed by atoms with Crippen LogP contribution in [0.4, 0.5) is 4.39 Å². The zero-order valence-electron chi connectivity index (χ0n) is 17.4. The van der Waals surface area contributed by atoms with Gasteiger partial charge in [0.25, 0.3) is 0 Å². The topological polar surface area (TPSA) is 54.5 Å². The minimum atomic E-state index is -0.473. The van der Waals surface area contributed by atoms with Crippen molar-refractivity contribution in [3.8, 4) is 11.1 Å². The van der Waals surface area contributed by atoms with Crippen LogP contribution < -0.4 is 5.32 Å². The summed E-state index contributed by atoms with van der Waals surface area (Å²) in [5.74, 6) is -0.518. The second kappa shape index (κ2) is 10.3. The average Bonchev–Trinajstić information content (AvgIpc) is 2.80. The predicted octanol–water partition coefficient (Wildman–Crippen LogP) is 3.58. The highest BCUT2D eigenvalue weighted by Crippen LogP contribution is 2.23. The number of hydrogen-bond acceptors (Lipinski definition) is 4. The molecule has 4 rings (SSSR count). The van der Waals surface area contributed by atoms with Gasteiger partial charge in [-0.15, -0.1) is 0 Å². The largest absolute Gasteiger partial charge is 0.379 e. The summed E-state index contributed by atoms with van der Waals surface area (Å²) in [5.41, 5.74) is 3.87. The van der Waals surface area contributed by atoms with Crippen LogP contribution in [0.2, 0.25) is 0 Å². The molecule has 0 saturated carbocycles. The number of rotatable bonds is 7. The number of morpholine rings is 1. The number of hydrogen-bond donors (Lipinski definition) is 1. The predicted molar refractivity (Wildman–Crippen MR) is 118 cm³/mol. The zero-order valence-corrected chi connectivity index (χ0v) is 17.4. The monoisotopic (exact) mass is 419 g/mol. The Bertz CT molecular complexity index is 1000. The van der Waals surface area contributed by atoms with E-state index >= 15 is 0 Å². The molecule has 2 aromatic carbocycles. The molecule has 1 saturated heterocycles. The van der Waals surface area contributed by atoms with E-state index in [0.29, 0.717) is 31.9 Å². The van der Waals surface area contributed by atoms with E-state index in [1.54, 1.807) is 6.07 Å². The number of nitrogens with zero attached hydrogens (tertiary/aromatic N) is 2. The van der Waals surface area contributed by atoms with Crippen molar-refractivity contribution in [1.82, 2.24) is 15.2 Å². The number of amides is 1. The number of halogens is 1. The van der Waals surface area contributed by atoms with Gasteiger partial charge in [0.2, 0.25) is 11.9 Å². The van der Waals surface area contributed by atoms with E-state index in [9.17, 15) is 9.18 Å². The van der Waals surface area contributed by atoms with Gasteiger partial charge in [-0.25, -0.2) is 4.98 Å². The molecule has 1 aliphatic heterocycles. The van der Waals surface area contributed by atoms with Crippen LogP contribution in [0.5, 0.6) is 0 Å². The van der Waals surface area contributed by atoms with Crippen molar-refractivity contribution in [2.75, 3.05) is 26.3 Å². The zero-order chi connectivity index (χ0) is 21.5. The van der Waals surface area contributed by atoms with E-state index in [4.69, 9.17) is 4.74 Å². The van der Waals surface area contributed by atoms with Crippen molar-refractivity contribution < 1.29 is 13.9 Å². The van der Waals surface area contributed by atoms with Gasteiger partial charge in [-0.3, -0.25) is 9.69 Å². The van der Waals surface area contributed by atoms with Gasteiger partial charge in [-0.1, -0.05) is 54.6 Å². The van der Waals surface area contributed by atoms with E-state index in [-0.39, 0.29) is 12.3 Å². The van der Waals surface area contributed by atoms with E-state index in [1.807, 2.05) is 60.7 Å². The highest BCUT2D eigenvalue weighted by molar-refractivity contribution is 5.78. The number of benzene rings is 2. The summed E-state index contributed by atoms with van der Waals surface area (Å²) in [6, 6.07) is 20.8. The summed E-state index contributed by atoms with van der Waals surface area (Å²) in [7, 11) is 0. The van der Waals surface area contributed by atoms with Gasteiger partial charge in [-0.05, 0) is 28.8 Å². The lowest BCUT2D eigenvalue weighted by Crippen LogP contribution is -2.35. The minimum Gasteiger partial charge on any atom is -0.379 e. The molecule has 1 amide bonds. The Kier molecular flexibility index (Phi) is 7.02. The number of carbonyl (C=O) groups is 1. The third kappa shape index (κ3) is 5.96. The Morgan fingerprint density at radius 1 is 0.968 bits per heavy atom. The highest BCUT2D eigenvalue weighted by Gasteiger charge is 2.14. The molecule has 0 radical (unpaired) electrons. The lowest BCUT2D eigenvalue weighted by atomic mass is 10.0. The quantitative estimate of drug-likeness (QED) is 0.595. The van der Waals surface area contributed by atoms with Crippen LogP contribution in [0.3, 0.4) is 0 Å². The van der Waals surface area contributed by atoms with Gasteiger partial charge in [-0.2, -0.15) is 4.39 Å². The molecule has 1 N–H and O–H groups in total. The van der Waals surface area contributed by atoms with E-state index in [1.165, 1.54) is 0 Å².